The van der Waals surface area contributed by atoms with E-state index in [-0.39, 0.29) is 16.7 Å². The smallest absolute Gasteiger partial charge is 0.367 e. The van der Waals surface area contributed by atoms with Crippen molar-refractivity contribution in [2.45, 2.75) is 44.8 Å². The number of benzene rings is 1. The third-order valence-electron chi connectivity index (χ3n) is 4.09. The van der Waals surface area contributed by atoms with Crippen LogP contribution in [0, 0.1) is 6.92 Å². The zero-order valence-corrected chi connectivity index (χ0v) is 14.4. The summed E-state index contributed by atoms with van der Waals surface area (Å²) in [6, 6.07) is 5.84. The van der Waals surface area contributed by atoms with Crippen molar-refractivity contribution in [2.75, 3.05) is 10.6 Å². The maximum Gasteiger partial charge on any atom is 0.417 e. The molecule has 1 aromatic carbocycles. The van der Waals surface area contributed by atoms with Gasteiger partial charge in [0.15, 0.2) is 0 Å². The average molecular weight is 371 g/mol. The van der Waals surface area contributed by atoms with Crippen molar-refractivity contribution in [3.63, 3.8) is 0 Å². The molecule has 8 heteroatoms. The molecule has 1 aliphatic rings. The van der Waals surface area contributed by atoms with Gasteiger partial charge in [-0.2, -0.15) is 18.2 Å². The Labute approximate surface area is 148 Å². The van der Waals surface area contributed by atoms with E-state index in [1.165, 1.54) is 25.0 Å². The van der Waals surface area contributed by atoms with Gasteiger partial charge < -0.3 is 10.6 Å². The average Bonchev–Trinajstić information content (AvgIpc) is 3.00. The largest absolute Gasteiger partial charge is 0.417 e. The molecule has 0 aliphatic heterocycles. The van der Waals surface area contributed by atoms with Crippen molar-refractivity contribution in [1.29, 1.82) is 0 Å². The minimum atomic E-state index is -4.52. The number of hydrogen-bond donors (Lipinski definition) is 2. The Balaban J connectivity index is 1.81. The van der Waals surface area contributed by atoms with Gasteiger partial charge >= 0.3 is 6.18 Å². The van der Waals surface area contributed by atoms with Gasteiger partial charge in [-0.1, -0.05) is 24.4 Å². The number of nitrogens with one attached hydrogen (secondary N) is 2. The van der Waals surface area contributed by atoms with E-state index in [0.29, 0.717) is 11.9 Å². The first kappa shape index (κ1) is 17.8. The Morgan fingerprint density at radius 1 is 1.12 bits per heavy atom. The summed E-state index contributed by atoms with van der Waals surface area (Å²) in [5, 5.41) is 5.85. The summed E-state index contributed by atoms with van der Waals surface area (Å²) in [6.07, 6.45) is 0.0585. The molecule has 0 saturated heterocycles. The van der Waals surface area contributed by atoms with Gasteiger partial charge in [-0.25, -0.2) is 4.98 Å². The fourth-order valence-corrected chi connectivity index (χ4v) is 3.15. The predicted octanol–water partition coefficient (Wildman–Crippen LogP) is 5.56. The molecule has 134 valence electrons. The van der Waals surface area contributed by atoms with Crippen molar-refractivity contribution in [3.8, 4) is 0 Å². The Hall–Kier alpha value is -2.02. The van der Waals surface area contributed by atoms with Gasteiger partial charge in [0.05, 0.1) is 10.6 Å². The standard InChI is InChI=1S/C17H18ClF3N4/c1-10-8-15(23-11-4-2-3-5-11)25-16(22-10)24-12-6-7-14(18)13(9-12)17(19,20)21/h6-9,11H,2-5H2,1H3,(H2,22,23,24,25). The molecule has 2 N–H and O–H groups in total. The second kappa shape index (κ2) is 7.07. The van der Waals surface area contributed by atoms with Gasteiger partial charge in [-0.15, -0.1) is 0 Å². The number of rotatable bonds is 4. The highest BCUT2D eigenvalue weighted by Crippen LogP contribution is 2.36. The molecule has 1 aromatic heterocycles. The fraction of sp³-hybridized carbons (Fsp3) is 0.412. The molecule has 2 aromatic rings. The summed E-state index contributed by atoms with van der Waals surface area (Å²) in [6.45, 7) is 1.82. The van der Waals surface area contributed by atoms with Crippen LogP contribution >= 0.6 is 11.6 Å². The zero-order chi connectivity index (χ0) is 18.0. The van der Waals surface area contributed by atoms with Crippen LogP contribution < -0.4 is 10.6 Å². The van der Waals surface area contributed by atoms with E-state index >= 15 is 0 Å². The van der Waals surface area contributed by atoms with E-state index in [0.717, 1.165) is 24.6 Å². The first-order chi connectivity index (χ1) is 11.8. The maximum atomic E-state index is 13.0. The molecule has 0 amide bonds. The van der Waals surface area contributed by atoms with Crippen molar-refractivity contribution >= 4 is 29.1 Å². The number of alkyl halides is 3. The van der Waals surface area contributed by atoms with Crippen LogP contribution in [0.4, 0.5) is 30.6 Å². The van der Waals surface area contributed by atoms with Gasteiger partial charge in [-0.05, 0) is 38.0 Å². The second-order valence-corrected chi connectivity index (χ2v) is 6.57. The third-order valence-corrected chi connectivity index (χ3v) is 4.42. The van der Waals surface area contributed by atoms with Crippen molar-refractivity contribution in [2.24, 2.45) is 0 Å². The number of hydrogen-bond acceptors (Lipinski definition) is 4. The van der Waals surface area contributed by atoms with Crippen molar-refractivity contribution < 1.29 is 13.2 Å². The summed E-state index contributed by atoms with van der Waals surface area (Å²) in [5.74, 6) is 0.919. The van der Waals surface area contributed by atoms with Gasteiger partial charge in [-0.3, -0.25) is 0 Å². The lowest BCUT2D eigenvalue weighted by molar-refractivity contribution is -0.137. The first-order valence-corrected chi connectivity index (χ1v) is 8.45. The van der Waals surface area contributed by atoms with Crippen LogP contribution in [-0.4, -0.2) is 16.0 Å². The number of anilines is 3. The van der Waals surface area contributed by atoms with Crippen LogP contribution in [0.3, 0.4) is 0 Å². The topological polar surface area (TPSA) is 49.8 Å². The molecule has 0 radical (unpaired) electrons. The highest BCUT2D eigenvalue weighted by atomic mass is 35.5. The second-order valence-electron chi connectivity index (χ2n) is 6.16. The van der Waals surface area contributed by atoms with E-state index in [1.54, 1.807) is 0 Å². The fourth-order valence-electron chi connectivity index (χ4n) is 2.93. The molecular weight excluding hydrogens is 353 g/mol. The molecule has 1 saturated carbocycles. The normalized spacial score (nSPS) is 15.4. The van der Waals surface area contributed by atoms with Crippen LogP contribution in [0.5, 0.6) is 0 Å². The highest BCUT2D eigenvalue weighted by Gasteiger charge is 2.33. The van der Waals surface area contributed by atoms with Gasteiger partial charge in [0.2, 0.25) is 5.95 Å². The van der Waals surface area contributed by atoms with Crippen LogP contribution in [0.1, 0.15) is 36.9 Å². The number of aryl methyl sites for hydroxylation is 1. The molecule has 0 spiro atoms. The van der Waals surface area contributed by atoms with E-state index in [4.69, 9.17) is 11.6 Å². The Kier molecular flexibility index (Phi) is 5.03. The van der Waals surface area contributed by atoms with Gasteiger partial charge in [0.25, 0.3) is 0 Å². The molecule has 3 rings (SSSR count). The van der Waals surface area contributed by atoms with Gasteiger partial charge in [0.1, 0.15) is 5.82 Å². The Morgan fingerprint density at radius 3 is 2.52 bits per heavy atom. The molecule has 1 heterocycles. The molecule has 1 aliphatic carbocycles. The highest BCUT2D eigenvalue weighted by molar-refractivity contribution is 6.31. The lowest BCUT2D eigenvalue weighted by atomic mass is 10.2. The summed E-state index contributed by atoms with van der Waals surface area (Å²) < 4.78 is 38.9. The van der Waals surface area contributed by atoms with E-state index in [1.807, 2.05) is 13.0 Å². The lowest BCUT2D eigenvalue weighted by Crippen LogP contribution is -2.16. The number of aromatic nitrogens is 2. The summed E-state index contributed by atoms with van der Waals surface area (Å²) in [5.41, 5.74) is 0.0632. The van der Waals surface area contributed by atoms with E-state index < -0.39 is 11.7 Å². The zero-order valence-electron chi connectivity index (χ0n) is 13.6. The monoisotopic (exact) mass is 370 g/mol. The minimum Gasteiger partial charge on any atom is -0.367 e. The Morgan fingerprint density at radius 2 is 1.84 bits per heavy atom. The number of halogens is 4. The SMILES string of the molecule is Cc1cc(NC2CCCC2)nc(Nc2ccc(Cl)c(C(F)(F)F)c2)n1. The van der Waals surface area contributed by atoms with Crippen LogP contribution in [0.2, 0.25) is 5.02 Å². The van der Waals surface area contributed by atoms with Crippen LogP contribution in [-0.2, 0) is 6.18 Å². The van der Waals surface area contributed by atoms with E-state index in [9.17, 15) is 13.2 Å². The van der Waals surface area contributed by atoms with E-state index in [2.05, 4.69) is 20.6 Å². The molecule has 4 nitrogen and oxygen atoms in total. The third kappa shape index (κ3) is 4.54. The predicted molar refractivity (Wildman–Crippen MR) is 92.4 cm³/mol. The molecule has 1 fully saturated rings. The van der Waals surface area contributed by atoms with Crippen LogP contribution in [0.25, 0.3) is 0 Å². The molecule has 25 heavy (non-hydrogen) atoms. The molecular formula is C17H18ClF3N4. The van der Waals surface area contributed by atoms with Gasteiger partial charge in [0, 0.05) is 23.5 Å². The van der Waals surface area contributed by atoms with Crippen molar-refractivity contribution in [3.05, 3.63) is 40.5 Å². The quantitative estimate of drug-likeness (QED) is 0.740. The summed E-state index contributed by atoms with van der Waals surface area (Å²) in [7, 11) is 0. The summed E-state index contributed by atoms with van der Waals surface area (Å²) in [4.78, 5) is 8.60. The number of nitrogens with zero attached hydrogens (tertiary/aromatic N) is 2. The minimum absolute atomic E-state index is 0.231. The maximum absolute atomic E-state index is 13.0. The Bertz CT molecular complexity index is 758. The van der Waals surface area contributed by atoms with Crippen LogP contribution in [0.15, 0.2) is 24.3 Å². The molecule has 0 bridgehead atoms. The van der Waals surface area contributed by atoms with Crippen molar-refractivity contribution in [1.82, 2.24) is 9.97 Å². The first-order valence-electron chi connectivity index (χ1n) is 8.07. The lowest BCUT2D eigenvalue weighted by Gasteiger charge is -2.15. The summed E-state index contributed by atoms with van der Waals surface area (Å²) >= 11 is 5.64. The molecule has 0 unspecified atom stereocenters. The molecule has 0 atom stereocenters.